The van der Waals surface area contributed by atoms with Crippen LogP contribution < -0.4 is 0 Å². The van der Waals surface area contributed by atoms with Gasteiger partial charge in [0.15, 0.2) is 0 Å². The molecule has 0 fully saturated rings. The molecule has 0 aliphatic rings. The van der Waals surface area contributed by atoms with Gasteiger partial charge in [-0.2, -0.15) is 0 Å². The molecule has 0 bridgehead atoms. The Kier molecular flexibility index (Phi) is 6.99. The first kappa shape index (κ1) is 8.45. The zero-order valence-corrected chi connectivity index (χ0v) is 6.15. The van der Waals surface area contributed by atoms with Gasteiger partial charge in [0, 0.05) is 13.0 Å². The maximum Gasteiger partial charge on any atom is 0.336 e. The molecule has 0 aliphatic heterocycles. The maximum atomic E-state index is 4.82. The van der Waals surface area contributed by atoms with Crippen LogP contribution in [0.25, 0.3) is 0 Å². The van der Waals surface area contributed by atoms with Crippen molar-refractivity contribution in [2.75, 3.05) is 6.61 Å². The minimum atomic E-state index is 0.781. The summed E-state index contributed by atoms with van der Waals surface area (Å²) in [5, 5.41) is 0. The number of rotatable bonds is 5. The summed E-state index contributed by atoms with van der Waals surface area (Å²) in [4.78, 5) is 0. The molecule has 52 valence electrons. The summed E-state index contributed by atoms with van der Waals surface area (Å²) in [6.45, 7) is 6.31. The van der Waals surface area contributed by atoms with E-state index in [1.54, 1.807) is 0 Å². The Labute approximate surface area is 57.1 Å². The lowest BCUT2D eigenvalue weighted by Gasteiger charge is -1.86. The van der Waals surface area contributed by atoms with E-state index in [2.05, 4.69) is 19.4 Å². The summed E-state index contributed by atoms with van der Waals surface area (Å²) < 4.78 is 4.82. The van der Waals surface area contributed by atoms with Gasteiger partial charge >= 0.3 is 5.94 Å². The molecule has 1 nitrogen and oxygen atoms in total. The van der Waals surface area contributed by atoms with Crippen LogP contribution in [0.3, 0.4) is 0 Å². The van der Waals surface area contributed by atoms with Crippen LogP contribution in [0.1, 0.15) is 32.6 Å². The lowest BCUT2D eigenvalue weighted by molar-refractivity contribution is 0.107. The molecule has 1 heteroatoms. The molecule has 0 aromatic carbocycles. The Morgan fingerprint density at radius 3 is 2.67 bits per heavy atom. The molecule has 0 aliphatic carbocycles. The van der Waals surface area contributed by atoms with Crippen LogP contribution in [0.5, 0.6) is 0 Å². The summed E-state index contributed by atoms with van der Waals surface area (Å²) >= 11 is 0. The number of carbonyl (C=O) groups excluding carboxylic acids is 1. The van der Waals surface area contributed by atoms with Crippen molar-refractivity contribution in [3.63, 3.8) is 0 Å². The van der Waals surface area contributed by atoms with Crippen molar-refractivity contribution in [2.24, 2.45) is 0 Å². The molecule has 0 heterocycles. The first-order valence-corrected chi connectivity index (χ1v) is 3.55. The van der Waals surface area contributed by atoms with Crippen LogP contribution in [-0.4, -0.2) is 12.5 Å². The molecule has 0 atom stereocenters. The fraction of sp³-hybridized carbons (Fsp3) is 0.750. The van der Waals surface area contributed by atoms with Crippen molar-refractivity contribution in [3.05, 3.63) is 6.58 Å². The molecule has 0 aromatic heterocycles. The molecule has 0 rings (SSSR count). The van der Waals surface area contributed by atoms with Crippen molar-refractivity contribution in [1.82, 2.24) is 0 Å². The molecule has 0 N–H and O–H groups in total. The Morgan fingerprint density at radius 1 is 1.33 bits per heavy atom. The first-order chi connectivity index (χ1) is 4.41. The minimum absolute atomic E-state index is 0.781. The van der Waals surface area contributed by atoms with Crippen molar-refractivity contribution in [2.45, 2.75) is 32.6 Å². The van der Waals surface area contributed by atoms with E-state index in [1.807, 2.05) is 0 Å². The van der Waals surface area contributed by atoms with Gasteiger partial charge in [-0.05, 0) is 6.42 Å². The summed E-state index contributed by atoms with van der Waals surface area (Å²) in [7, 11) is 0. The highest BCUT2D eigenvalue weighted by Gasteiger charge is 1.90. The number of unbranched alkanes of at least 4 members (excludes halogenated alkanes) is 3. The third-order valence-electron chi connectivity index (χ3n) is 1.20. The molecular weight excluding hydrogens is 112 g/mol. The van der Waals surface area contributed by atoms with Crippen LogP contribution >= 0.6 is 0 Å². The quantitative estimate of drug-likeness (QED) is 0.304. The minimum Gasteiger partial charge on any atom is -0.205 e. The van der Waals surface area contributed by atoms with Crippen LogP contribution in [-0.2, 0) is 4.42 Å². The molecular formula is C8H15O+. The highest BCUT2D eigenvalue weighted by Crippen LogP contribution is 1.96. The van der Waals surface area contributed by atoms with Crippen molar-refractivity contribution < 1.29 is 4.42 Å². The largest absolute Gasteiger partial charge is 0.336 e. The van der Waals surface area contributed by atoms with Gasteiger partial charge in [-0.1, -0.05) is 19.8 Å². The van der Waals surface area contributed by atoms with E-state index >= 15 is 0 Å². The van der Waals surface area contributed by atoms with Gasteiger partial charge in [0.1, 0.15) is 0 Å². The highest BCUT2D eigenvalue weighted by atomic mass is 16.4. The second-order valence-electron chi connectivity index (χ2n) is 2.05. The van der Waals surface area contributed by atoms with E-state index in [0.29, 0.717) is 0 Å². The Hall–Kier alpha value is -0.550. The fourth-order valence-electron chi connectivity index (χ4n) is 0.673. The Bertz CT molecular complexity index is 90.7. The van der Waals surface area contributed by atoms with Crippen LogP contribution in [0, 0.1) is 0 Å². The molecule has 0 spiro atoms. The van der Waals surface area contributed by atoms with Gasteiger partial charge in [-0.15, -0.1) is 0 Å². The molecule has 0 radical (unpaired) electrons. The van der Waals surface area contributed by atoms with Crippen molar-refractivity contribution >= 4 is 5.94 Å². The molecule has 0 aromatic rings. The van der Waals surface area contributed by atoms with Gasteiger partial charge in [0.25, 0.3) is 6.61 Å². The number of hydrogen-bond donors (Lipinski definition) is 0. The zero-order chi connectivity index (χ0) is 6.95. The van der Waals surface area contributed by atoms with E-state index < -0.39 is 0 Å². The molecule has 0 amide bonds. The van der Waals surface area contributed by atoms with E-state index in [4.69, 9.17) is 4.42 Å². The second kappa shape index (κ2) is 7.45. The predicted molar refractivity (Wildman–Crippen MR) is 40.3 cm³/mol. The average molecular weight is 127 g/mol. The lowest BCUT2D eigenvalue weighted by atomic mass is 10.2. The third-order valence-corrected chi connectivity index (χ3v) is 1.20. The lowest BCUT2D eigenvalue weighted by Crippen LogP contribution is -1.83. The summed E-state index contributed by atoms with van der Waals surface area (Å²) in [6.07, 6.45) is 4.98. The highest BCUT2D eigenvalue weighted by molar-refractivity contribution is 5.39. The van der Waals surface area contributed by atoms with Crippen LogP contribution in [0.15, 0.2) is 6.58 Å². The molecule has 0 saturated carbocycles. The Morgan fingerprint density at radius 2 is 2.11 bits per heavy atom. The van der Waals surface area contributed by atoms with Crippen LogP contribution in [0.4, 0.5) is 0 Å². The average Bonchev–Trinajstić information content (AvgIpc) is 1.89. The van der Waals surface area contributed by atoms with Gasteiger partial charge in [0.2, 0.25) is 0 Å². The van der Waals surface area contributed by atoms with Gasteiger partial charge in [0.05, 0.1) is 0 Å². The summed E-state index contributed by atoms with van der Waals surface area (Å²) in [5.41, 5.74) is 0. The van der Waals surface area contributed by atoms with Crippen molar-refractivity contribution in [3.8, 4) is 0 Å². The van der Waals surface area contributed by atoms with E-state index in [-0.39, 0.29) is 0 Å². The van der Waals surface area contributed by atoms with E-state index in [0.717, 1.165) is 13.0 Å². The zero-order valence-electron chi connectivity index (χ0n) is 6.15. The predicted octanol–water partition coefficient (Wildman–Crippen LogP) is 2.12. The standard InChI is InChI=1S/C8H15O/c1-3-5-6-7-8-9-4-2/h2-3,5-8H2,1H3/q+1. The van der Waals surface area contributed by atoms with Gasteiger partial charge < -0.3 is 0 Å². The normalized spacial score (nSPS) is 8.56. The first-order valence-electron chi connectivity index (χ1n) is 3.55. The Balaban J connectivity index is 2.82. The van der Waals surface area contributed by atoms with Gasteiger partial charge in [-0.3, -0.25) is 0 Å². The maximum absolute atomic E-state index is 4.82. The monoisotopic (exact) mass is 127 g/mol. The molecule has 0 unspecified atom stereocenters. The third kappa shape index (κ3) is 7.45. The van der Waals surface area contributed by atoms with E-state index in [1.165, 1.54) is 19.3 Å². The topological polar surface area (TPSA) is 11.3 Å². The smallest absolute Gasteiger partial charge is 0.205 e. The molecule has 0 saturated heterocycles. The summed E-state index contributed by atoms with van der Waals surface area (Å²) in [6, 6.07) is 0. The number of hydrogen-bond acceptors (Lipinski definition) is 0. The molecule has 9 heavy (non-hydrogen) atoms. The SMILES string of the molecule is C=C=[O+]CCCCCC. The second-order valence-corrected chi connectivity index (χ2v) is 2.05. The fourth-order valence-corrected chi connectivity index (χ4v) is 0.673. The van der Waals surface area contributed by atoms with Gasteiger partial charge in [-0.25, -0.2) is 4.42 Å². The van der Waals surface area contributed by atoms with Crippen molar-refractivity contribution in [1.29, 1.82) is 0 Å². The van der Waals surface area contributed by atoms with E-state index in [9.17, 15) is 0 Å². The summed E-state index contributed by atoms with van der Waals surface area (Å²) in [5.74, 6) is 2.39. The van der Waals surface area contributed by atoms with Crippen LogP contribution in [0.2, 0.25) is 0 Å².